The monoisotopic (exact) mass is 499 g/mol. The number of ether oxygens (including phenoxy) is 2. The van der Waals surface area contributed by atoms with Gasteiger partial charge in [-0.15, -0.1) is 6.42 Å². The first kappa shape index (κ1) is 26.2. The predicted octanol–water partition coefficient (Wildman–Crippen LogP) is 5.40. The van der Waals surface area contributed by atoms with Gasteiger partial charge in [0, 0.05) is 5.69 Å². The van der Waals surface area contributed by atoms with Crippen LogP contribution >= 0.6 is 0 Å². The van der Waals surface area contributed by atoms with Crippen molar-refractivity contribution in [2.75, 3.05) is 11.4 Å². The first-order chi connectivity index (χ1) is 17.3. The number of aromatic nitrogens is 2. The van der Waals surface area contributed by atoms with Crippen LogP contribution in [0.15, 0.2) is 47.3 Å². The van der Waals surface area contributed by atoms with Crippen LogP contribution in [0.25, 0.3) is 17.0 Å². The number of nitrogens with zero attached hydrogens (tertiary/aromatic N) is 2. The molecule has 0 bridgehead atoms. The van der Waals surface area contributed by atoms with Gasteiger partial charge in [-0.25, -0.2) is 9.78 Å². The van der Waals surface area contributed by atoms with E-state index in [-0.39, 0.29) is 29.8 Å². The highest BCUT2D eigenvalue weighted by Crippen LogP contribution is 2.37. The molecule has 0 saturated heterocycles. The number of terminal acetylenes is 1. The molecule has 1 heterocycles. The van der Waals surface area contributed by atoms with Gasteiger partial charge >= 0.3 is 5.97 Å². The Balaban J connectivity index is 1.64. The Labute approximate surface area is 217 Å². The molecule has 7 nitrogen and oxygen atoms in total. The molecule has 1 aliphatic carbocycles. The third kappa shape index (κ3) is 6.10. The standard InChI is InChI=1S/C30H33N3O4/c1-8-15-33(21-12-9-19(10-13-21)28(35)37-30(5,6)7)25-14-11-20-16-24-23(17-22(20)25)27(34)32-26(31-24)18-36-29(2,3)4/h1,9-14,16-17,25H,15,18H2,2-7H3,(H,31,32,34)/t25-/m0/s1. The molecule has 0 aliphatic heterocycles. The summed E-state index contributed by atoms with van der Waals surface area (Å²) in [6.07, 6.45) is 9.80. The lowest BCUT2D eigenvalue weighted by Crippen LogP contribution is -2.27. The molecule has 3 aromatic rings. The van der Waals surface area contributed by atoms with Crippen molar-refractivity contribution in [2.24, 2.45) is 0 Å². The van der Waals surface area contributed by atoms with E-state index in [1.807, 2.05) is 71.9 Å². The zero-order chi connectivity index (χ0) is 27.0. The number of anilines is 1. The van der Waals surface area contributed by atoms with Gasteiger partial charge in [0.2, 0.25) is 0 Å². The maximum absolute atomic E-state index is 12.9. The van der Waals surface area contributed by atoms with Crippen LogP contribution in [0.2, 0.25) is 0 Å². The summed E-state index contributed by atoms with van der Waals surface area (Å²) in [5.41, 5.74) is 2.76. The van der Waals surface area contributed by atoms with Crippen molar-refractivity contribution in [1.82, 2.24) is 9.97 Å². The second kappa shape index (κ2) is 9.87. The Kier molecular flexibility index (Phi) is 6.98. The first-order valence-corrected chi connectivity index (χ1v) is 12.3. The predicted molar refractivity (Wildman–Crippen MR) is 146 cm³/mol. The zero-order valence-electron chi connectivity index (χ0n) is 22.2. The fraction of sp³-hybridized carbons (Fsp3) is 0.367. The van der Waals surface area contributed by atoms with Crippen molar-refractivity contribution >= 4 is 28.6 Å². The molecule has 1 aromatic heterocycles. The fourth-order valence-electron chi connectivity index (χ4n) is 4.17. The van der Waals surface area contributed by atoms with E-state index in [0.717, 1.165) is 16.8 Å². The van der Waals surface area contributed by atoms with Gasteiger partial charge in [-0.1, -0.05) is 18.1 Å². The summed E-state index contributed by atoms with van der Waals surface area (Å²) in [6.45, 7) is 11.9. The fourth-order valence-corrected chi connectivity index (χ4v) is 4.17. The van der Waals surface area contributed by atoms with Gasteiger partial charge in [-0.3, -0.25) is 4.79 Å². The van der Waals surface area contributed by atoms with Crippen molar-refractivity contribution in [3.63, 3.8) is 0 Å². The van der Waals surface area contributed by atoms with Gasteiger partial charge in [0.05, 0.1) is 34.7 Å². The van der Waals surface area contributed by atoms with Gasteiger partial charge in [-0.05, 0) is 89.1 Å². The summed E-state index contributed by atoms with van der Waals surface area (Å²) in [5.74, 6) is 2.85. The number of carbonyl (C=O) groups excluding carboxylic acids is 1. The average molecular weight is 500 g/mol. The van der Waals surface area contributed by atoms with E-state index in [2.05, 4.69) is 26.9 Å². The SMILES string of the molecule is C#CCN(c1ccc(C(=O)OC(C)(C)C)cc1)[C@H]1C=Cc2cc3nc(COC(C)(C)C)[nH]c(=O)c3cc21. The van der Waals surface area contributed by atoms with Crippen LogP contribution < -0.4 is 10.5 Å². The van der Waals surface area contributed by atoms with Crippen molar-refractivity contribution < 1.29 is 14.3 Å². The van der Waals surface area contributed by atoms with Crippen LogP contribution in [0, 0.1) is 12.3 Å². The molecule has 4 rings (SSSR count). The highest BCUT2D eigenvalue weighted by molar-refractivity contribution is 5.90. The molecular formula is C30H33N3O4. The second-order valence-corrected chi connectivity index (χ2v) is 11.1. The zero-order valence-corrected chi connectivity index (χ0v) is 22.2. The molecule has 192 valence electrons. The third-order valence-electron chi connectivity index (χ3n) is 5.81. The van der Waals surface area contributed by atoms with Crippen LogP contribution in [-0.4, -0.2) is 33.7 Å². The molecule has 0 fully saturated rings. The molecule has 0 radical (unpaired) electrons. The molecule has 1 atom stereocenters. The van der Waals surface area contributed by atoms with E-state index in [9.17, 15) is 9.59 Å². The number of hydrogen-bond donors (Lipinski definition) is 1. The quantitative estimate of drug-likeness (QED) is 0.361. The Morgan fingerprint density at radius 2 is 1.81 bits per heavy atom. The summed E-state index contributed by atoms with van der Waals surface area (Å²) in [4.78, 5) is 34.9. The normalized spacial score (nSPS) is 14.9. The van der Waals surface area contributed by atoms with Crippen LogP contribution in [0.1, 0.15) is 74.9 Å². The first-order valence-electron chi connectivity index (χ1n) is 12.3. The highest BCUT2D eigenvalue weighted by atomic mass is 16.6. The van der Waals surface area contributed by atoms with Gasteiger partial charge in [0.1, 0.15) is 18.0 Å². The lowest BCUT2D eigenvalue weighted by molar-refractivity contribution is -0.0181. The molecule has 37 heavy (non-hydrogen) atoms. The van der Waals surface area contributed by atoms with Crippen LogP contribution in [0.3, 0.4) is 0 Å². The Hall–Kier alpha value is -3.89. The van der Waals surface area contributed by atoms with Crippen molar-refractivity contribution in [3.05, 3.63) is 75.3 Å². The van der Waals surface area contributed by atoms with E-state index in [4.69, 9.17) is 15.9 Å². The molecule has 0 unspecified atom stereocenters. The highest BCUT2D eigenvalue weighted by Gasteiger charge is 2.26. The number of esters is 1. The lowest BCUT2D eigenvalue weighted by Gasteiger charge is -2.29. The summed E-state index contributed by atoms with van der Waals surface area (Å²) in [6, 6.07) is 10.8. The van der Waals surface area contributed by atoms with Gasteiger partial charge in [-0.2, -0.15) is 0 Å². The maximum Gasteiger partial charge on any atom is 0.338 e. The van der Waals surface area contributed by atoms with E-state index in [1.54, 1.807) is 12.1 Å². The molecule has 1 aliphatic rings. The number of benzene rings is 2. The van der Waals surface area contributed by atoms with Crippen molar-refractivity contribution in [3.8, 4) is 12.3 Å². The van der Waals surface area contributed by atoms with Gasteiger partial charge in [0.15, 0.2) is 0 Å². The van der Waals surface area contributed by atoms with Crippen molar-refractivity contribution in [1.29, 1.82) is 0 Å². The van der Waals surface area contributed by atoms with Gasteiger partial charge < -0.3 is 19.4 Å². The number of nitrogens with one attached hydrogen (secondary N) is 1. The van der Waals surface area contributed by atoms with E-state index in [0.29, 0.717) is 28.8 Å². The largest absolute Gasteiger partial charge is 0.456 e. The van der Waals surface area contributed by atoms with E-state index in [1.165, 1.54) is 0 Å². The number of rotatable bonds is 6. The molecule has 7 heteroatoms. The van der Waals surface area contributed by atoms with Crippen molar-refractivity contribution in [2.45, 2.75) is 65.4 Å². The minimum atomic E-state index is -0.570. The Morgan fingerprint density at radius 3 is 2.43 bits per heavy atom. The average Bonchev–Trinajstić information content (AvgIpc) is 3.21. The lowest BCUT2D eigenvalue weighted by atomic mass is 10.0. The van der Waals surface area contributed by atoms with E-state index < -0.39 is 5.60 Å². The molecular weight excluding hydrogens is 466 g/mol. The molecule has 2 aromatic carbocycles. The minimum Gasteiger partial charge on any atom is -0.456 e. The second-order valence-electron chi connectivity index (χ2n) is 11.1. The number of H-pyrrole nitrogens is 1. The van der Waals surface area contributed by atoms with Crippen LogP contribution in [0.4, 0.5) is 5.69 Å². The molecule has 0 spiro atoms. The summed E-state index contributed by atoms with van der Waals surface area (Å²) < 4.78 is 11.2. The number of aromatic amines is 1. The summed E-state index contributed by atoms with van der Waals surface area (Å²) in [7, 11) is 0. The Bertz CT molecular complexity index is 1450. The smallest absolute Gasteiger partial charge is 0.338 e. The molecule has 0 amide bonds. The number of hydrogen-bond acceptors (Lipinski definition) is 6. The third-order valence-corrected chi connectivity index (χ3v) is 5.81. The Morgan fingerprint density at radius 1 is 1.11 bits per heavy atom. The molecule has 0 saturated carbocycles. The molecule has 1 N–H and O–H groups in total. The van der Waals surface area contributed by atoms with Gasteiger partial charge in [0.25, 0.3) is 5.56 Å². The topological polar surface area (TPSA) is 84.5 Å². The maximum atomic E-state index is 12.9. The minimum absolute atomic E-state index is 0.175. The van der Waals surface area contributed by atoms with Crippen LogP contribution in [0.5, 0.6) is 0 Å². The van der Waals surface area contributed by atoms with Crippen LogP contribution in [-0.2, 0) is 16.1 Å². The van der Waals surface area contributed by atoms with E-state index >= 15 is 0 Å². The number of carbonyl (C=O) groups is 1. The summed E-state index contributed by atoms with van der Waals surface area (Å²) in [5, 5.41) is 0.507. The summed E-state index contributed by atoms with van der Waals surface area (Å²) >= 11 is 0. The number of fused-ring (bicyclic) bond motifs is 2.